The van der Waals surface area contributed by atoms with Crippen molar-refractivity contribution in [3.05, 3.63) is 69.8 Å². The molecular weight excluding hydrogens is 405 g/mol. The van der Waals surface area contributed by atoms with E-state index < -0.39 is 24.3 Å². The van der Waals surface area contributed by atoms with Gasteiger partial charge in [-0.1, -0.05) is 23.7 Å². The Kier molecular flexibility index (Phi) is 5.02. The van der Waals surface area contributed by atoms with Crippen LogP contribution in [0.4, 0.5) is 10.1 Å². The number of amides is 1. The summed E-state index contributed by atoms with van der Waals surface area (Å²) in [6, 6.07) is 13.1. The lowest BCUT2D eigenvalue weighted by atomic mass is 10.1. The summed E-state index contributed by atoms with van der Waals surface area (Å²) in [7, 11) is 0. The number of esters is 1. The molecule has 0 bridgehead atoms. The SMILES string of the molecule is O=C(COC(=O)c1cc2c(s1)-c1ccccc1OC2)Nc1cc(Cl)ccc1F. The lowest BCUT2D eigenvalue weighted by Gasteiger charge is -2.16. The monoisotopic (exact) mass is 417 g/mol. The van der Waals surface area contributed by atoms with Crippen molar-refractivity contribution in [2.45, 2.75) is 6.61 Å². The molecule has 3 aromatic rings. The fourth-order valence-corrected chi connectivity index (χ4v) is 4.04. The summed E-state index contributed by atoms with van der Waals surface area (Å²) in [5, 5.41) is 2.61. The highest BCUT2D eigenvalue weighted by Gasteiger charge is 2.23. The molecule has 0 radical (unpaired) electrons. The van der Waals surface area contributed by atoms with Gasteiger partial charge in [0, 0.05) is 21.0 Å². The zero-order valence-electron chi connectivity index (χ0n) is 14.3. The van der Waals surface area contributed by atoms with E-state index in [9.17, 15) is 14.0 Å². The number of carbonyl (C=O) groups is 2. The lowest BCUT2D eigenvalue weighted by molar-refractivity contribution is -0.119. The Bertz CT molecular complexity index is 1080. The van der Waals surface area contributed by atoms with Crippen molar-refractivity contribution in [2.24, 2.45) is 0 Å². The highest BCUT2D eigenvalue weighted by molar-refractivity contribution is 7.17. The number of thiophene rings is 1. The number of hydrogen-bond acceptors (Lipinski definition) is 5. The third-order valence-electron chi connectivity index (χ3n) is 4.06. The zero-order chi connectivity index (χ0) is 19.7. The molecule has 1 aromatic heterocycles. The molecule has 0 unspecified atom stereocenters. The second-order valence-electron chi connectivity index (χ2n) is 6.00. The third kappa shape index (κ3) is 3.72. The van der Waals surface area contributed by atoms with Gasteiger partial charge in [-0.25, -0.2) is 9.18 Å². The van der Waals surface area contributed by atoms with Crippen LogP contribution < -0.4 is 10.1 Å². The summed E-state index contributed by atoms with van der Waals surface area (Å²) in [6.45, 7) is -0.175. The van der Waals surface area contributed by atoms with Gasteiger partial charge >= 0.3 is 5.97 Å². The van der Waals surface area contributed by atoms with Gasteiger partial charge in [-0.05, 0) is 36.4 Å². The molecule has 1 N–H and O–H groups in total. The van der Waals surface area contributed by atoms with Crippen molar-refractivity contribution >= 4 is 40.5 Å². The molecule has 28 heavy (non-hydrogen) atoms. The van der Waals surface area contributed by atoms with Crippen LogP contribution in [0.1, 0.15) is 15.2 Å². The molecule has 5 nitrogen and oxygen atoms in total. The van der Waals surface area contributed by atoms with Crippen LogP contribution in [0.2, 0.25) is 5.02 Å². The van der Waals surface area contributed by atoms with Crippen molar-refractivity contribution in [3.63, 3.8) is 0 Å². The number of hydrogen-bond donors (Lipinski definition) is 1. The number of rotatable bonds is 4. The van der Waals surface area contributed by atoms with Crippen molar-refractivity contribution in [3.8, 4) is 16.2 Å². The zero-order valence-corrected chi connectivity index (χ0v) is 15.9. The Labute approximate surface area is 168 Å². The van der Waals surface area contributed by atoms with Crippen LogP contribution >= 0.6 is 22.9 Å². The number of para-hydroxylation sites is 1. The van der Waals surface area contributed by atoms with Crippen LogP contribution in [0.15, 0.2) is 48.5 Å². The minimum Gasteiger partial charge on any atom is -0.488 e. The molecule has 0 fully saturated rings. The van der Waals surface area contributed by atoms with Gasteiger partial charge in [0.15, 0.2) is 6.61 Å². The van der Waals surface area contributed by atoms with Gasteiger partial charge in [0.1, 0.15) is 23.1 Å². The van der Waals surface area contributed by atoms with E-state index in [2.05, 4.69) is 5.32 Å². The Morgan fingerprint density at radius 1 is 1.21 bits per heavy atom. The molecule has 1 amide bonds. The maximum Gasteiger partial charge on any atom is 0.348 e. The van der Waals surface area contributed by atoms with Crippen LogP contribution in [-0.2, 0) is 16.1 Å². The number of nitrogens with one attached hydrogen (secondary N) is 1. The van der Waals surface area contributed by atoms with Crippen LogP contribution in [0, 0.1) is 5.82 Å². The smallest absolute Gasteiger partial charge is 0.348 e. The molecular formula is C20H13ClFNO4S. The number of halogens is 2. The summed E-state index contributed by atoms with van der Waals surface area (Å²) < 4.78 is 24.4. The fraction of sp³-hybridized carbons (Fsp3) is 0.100. The first-order valence-electron chi connectivity index (χ1n) is 8.28. The summed E-state index contributed by atoms with van der Waals surface area (Å²) >= 11 is 7.06. The van der Waals surface area contributed by atoms with E-state index in [1.165, 1.54) is 23.5 Å². The van der Waals surface area contributed by atoms with Crippen molar-refractivity contribution < 1.29 is 23.5 Å². The number of anilines is 1. The second kappa shape index (κ2) is 7.61. The van der Waals surface area contributed by atoms with Gasteiger partial charge in [-0.2, -0.15) is 0 Å². The lowest BCUT2D eigenvalue weighted by Crippen LogP contribution is -2.21. The predicted molar refractivity (Wildman–Crippen MR) is 104 cm³/mol. The van der Waals surface area contributed by atoms with Crippen LogP contribution in [0.3, 0.4) is 0 Å². The Morgan fingerprint density at radius 2 is 2.04 bits per heavy atom. The van der Waals surface area contributed by atoms with E-state index in [1.54, 1.807) is 6.07 Å². The summed E-state index contributed by atoms with van der Waals surface area (Å²) in [5.74, 6) is -1.16. The summed E-state index contributed by atoms with van der Waals surface area (Å²) in [4.78, 5) is 25.6. The summed E-state index contributed by atoms with van der Waals surface area (Å²) in [5.41, 5.74) is 1.73. The first-order valence-corrected chi connectivity index (χ1v) is 9.47. The molecule has 0 aliphatic carbocycles. The van der Waals surface area contributed by atoms with Gasteiger partial charge in [-0.3, -0.25) is 4.79 Å². The topological polar surface area (TPSA) is 64.6 Å². The Hall–Kier alpha value is -2.90. The van der Waals surface area contributed by atoms with E-state index in [-0.39, 0.29) is 10.7 Å². The van der Waals surface area contributed by atoms with Crippen molar-refractivity contribution in [1.29, 1.82) is 0 Å². The predicted octanol–water partition coefficient (Wildman–Crippen LogP) is 4.90. The minimum absolute atomic E-state index is 0.0751. The number of benzene rings is 2. The highest BCUT2D eigenvalue weighted by atomic mass is 35.5. The van der Waals surface area contributed by atoms with Gasteiger partial charge < -0.3 is 14.8 Å². The average Bonchev–Trinajstić information content (AvgIpc) is 3.14. The minimum atomic E-state index is -0.662. The average molecular weight is 418 g/mol. The van der Waals surface area contributed by atoms with Gasteiger partial charge in [0.05, 0.1) is 5.69 Å². The van der Waals surface area contributed by atoms with Gasteiger partial charge in [-0.15, -0.1) is 11.3 Å². The standard InChI is InChI=1S/C20H13ClFNO4S/c21-12-5-6-14(22)15(8-12)23-18(24)10-27-20(25)17-7-11-9-26-16-4-2-1-3-13(16)19(11)28-17/h1-8H,9-10H2,(H,23,24). The third-order valence-corrected chi connectivity index (χ3v) is 5.49. The normalized spacial score (nSPS) is 11.8. The van der Waals surface area contributed by atoms with Crippen molar-refractivity contribution in [2.75, 3.05) is 11.9 Å². The molecule has 1 aliphatic rings. The second-order valence-corrected chi connectivity index (χ2v) is 7.49. The molecule has 2 heterocycles. The summed E-state index contributed by atoms with van der Waals surface area (Å²) in [6.07, 6.45) is 0. The molecule has 0 atom stereocenters. The number of fused-ring (bicyclic) bond motifs is 3. The van der Waals surface area contributed by atoms with Crippen LogP contribution in [0.5, 0.6) is 5.75 Å². The van der Waals surface area contributed by atoms with E-state index in [0.717, 1.165) is 27.8 Å². The first kappa shape index (κ1) is 18.5. The highest BCUT2D eigenvalue weighted by Crippen LogP contribution is 2.42. The van der Waals surface area contributed by atoms with E-state index in [1.807, 2.05) is 24.3 Å². The molecule has 0 saturated heterocycles. The van der Waals surface area contributed by atoms with Crippen molar-refractivity contribution in [1.82, 2.24) is 0 Å². The molecule has 4 rings (SSSR count). The maximum atomic E-state index is 13.7. The van der Waals surface area contributed by atoms with E-state index in [4.69, 9.17) is 21.1 Å². The fourth-order valence-electron chi connectivity index (χ4n) is 2.78. The molecule has 2 aromatic carbocycles. The van der Waals surface area contributed by atoms with Crippen LogP contribution in [-0.4, -0.2) is 18.5 Å². The molecule has 0 saturated carbocycles. The van der Waals surface area contributed by atoms with Crippen LogP contribution in [0.25, 0.3) is 10.4 Å². The molecule has 142 valence electrons. The Balaban J connectivity index is 1.42. The molecule has 0 spiro atoms. The Morgan fingerprint density at radius 3 is 2.89 bits per heavy atom. The largest absolute Gasteiger partial charge is 0.488 e. The van der Waals surface area contributed by atoms with E-state index >= 15 is 0 Å². The van der Waals surface area contributed by atoms with Gasteiger partial charge in [0.2, 0.25) is 0 Å². The molecule has 1 aliphatic heterocycles. The quantitative estimate of drug-likeness (QED) is 0.613. The first-order chi connectivity index (χ1) is 13.5. The molecule has 8 heteroatoms. The number of carbonyl (C=O) groups excluding carboxylic acids is 2. The maximum absolute atomic E-state index is 13.7. The number of ether oxygens (including phenoxy) is 2. The van der Waals surface area contributed by atoms with Gasteiger partial charge in [0.25, 0.3) is 5.91 Å². The van der Waals surface area contributed by atoms with E-state index in [0.29, 0.717) is 11.5 Å².